The first-order valence-electron chi connectivity index (χ1n) is 7.91. The first-order chi connectivity index (χ1) is 9.38. The number of hydrogen-bond acceptors (Lipinski definition) is 4. The van der Waals surface area contributed by atoms with Crippen molar-refractivity contribution in [3.05, 3.63) is 11.7 Å². The number of piperidine rings is 1. The van der Waals surface area contributed by atoms with Crippen molar-refractivity contribution in [1.82, 2.24) is 15.5 Å². The summed E-state index contributed by atoms with van der Waals surface area (Å²) in [4.78, 5) is 4.70. The van der Waals surface area contributed by atoms with E-state index in [9.17, 15) is 0 Å². The van der Waals surface area contributed by atoms with Crippen LogP contribution in [-0.2, 0) is 6.42 Å². The fraction of sp³-hybridized carbons (Fsp3) is 0.867. The number of hydrogen-bond donors (Lipinski definition) is 1. The molecule has 2 aliphatic carbocycles. The Morgan fingerprint density at radius 2 is 2.21 bits per heavy atom. The summed E-state index contributed by atoms with van der Waals surface area (Å²) in [7, 11) is 0. The van der Waals surface area contributed by atoms with Gasteiger partial charge < -0.3 is 9.84 Å². The maximum atomic E-state index is 5.50. The highest BCUT2D eigenvalue weighted by Crippen LogP contribution is 2.52. The number of rotatable bonds is 3. The zero-order chi connectivity index (χ0) is 12.7. The highest BCUT2D eigenvalue weighted by Gasteiger charge is 2.42. The lowest BCUT2D eigenvalue weighted by Crippen LogP contribution is -2.30. The molecular weight excluding hydrogens is 238 g/mol. The Kier molecular flexibility index (Phi) is 3.06. The number of nitrogens with zero attached hydrogens (tertiary/aromatic N) is 2. The molecule has 4 nitrogen and oxygen atoms in total. The van der Waals surface area contributed by atoms with Crippen LogP contribution in [0.5, 0.6) is 0 Å². The third-order valence-corrected chi connectivity index (χ3v) is 5.42. The Balaban J connectivity index is 1.41. The fourth-order valence-corrected chi connectivity index (χ4v) is 4.41. The number of nitrogens with one attached hydrogen (secondary N) is 1. The maximum Gasteiger partial charge on any atom is 0.226 e. The molecule has 19 heavy (non-hydrogen) atoms. The molecule has 2 saturated carbocycles. The third kappa shape index (κ3) is 2.31. The predicted octanol–water partition coefficient (Wildman–Crippen LogP) is 2.52. The third-order valence-electron chi connectivity index (χ3n) is 5.42. The molecule has 0 aromatic carbocycles. The van der Waals surface area contributed by atoms with Gasteiger partial charge in [-0.25, -0.2) is 0 Å². The van der Waals surface area contributed by atoms with Gasteiger partial charge >= 0.3 is 0 Å². The topological polar surface area (TPSA) is 51.0 Å². The van der Waals surface area contributed by atoms with Gasteiger partial charge in [-0.2, -0.15) is 4.98 Å². The van der Waals surface area contributed by atoms with E-state index in [0.29, 0.717) is 11.8 Å². The largest absolute Gasteiger partial charge is 0.339 e. The standard InChI is InChI=1S/C15H23N3O/c1-2-11(9-16-5-1)8-14-17-15(18-19-14)13-7-10-3-4-12(13)6-10/h10-13,16H,1-9H2. The molecule has 1 aromatic rings. The molecule has 0 spiro atoms. The van der Waals surface area contributed by atoms with Gasteiger partial charge in [0, 0.05) is 12.3 Å². The minimum absolute atomic E-state index is 0.598. The van der Waals surface area contributed by atoms with Gasteiger partial charge in [0.1, 0.15) is 0 Å². The summed E-state index contributed by atoms with van der Waals surface area (Å²) in [6.45, 7) is 2.27. The Morgan fingerprint density at radius 1 is 1.21 bits per heavy atom. The van der Waals surface area contributed by atoms with E-state index in [-0.39, 0.29) is 0 Å². The van der Waals surface area contributed by atoms with Crippen LogP contribution in [0.1, 0.15) is 56.2 Å². The van der Waals surface area contributed by atoms with Crippen LogP contribution in [0, 0.1) is 17.8 Å². The minimum Gasteiger partial charge on any atom is -0.339 e. The minimum atomic E-state index is 0.598. The summed E-state index contributed by atoms with van der Waals surface area (Å²) in [5.74, 6) is 4.94. The van der Waals surface area contributed by atoms with Crippen LogP contribution in [0.15, 0.2) is 4.52 Å². The van der Waals surface area contributed by atoms with Crippen molar-refractivity contribution < 1.29 is 4.52 Å². The molecular formula is C15H23N3O. The van der Waals surface area contributed by atoms with Crippen molar-refractivity contribution in [3.8, 4) is 0 Å². The van der Waals surface area contributed by atoms with Gasteiger partial charge in [-0.15, -0.1) is 0 Å². The van der Waals surface area contributed by atoms with E-state index < -0.39 is 0 Å². The normalized spacial score (nSPS) is 37.9. The van der Waals surface area contributed by atoms with Crippen molar-refractivity contribution >= 4 is 0 Å². The van der Waals surface area contributed by atoms with E-state index in [0.717, 1.165) is 43.1 Å². The van der Waals surface area contributed by atoms with Crippen LogP contribution >= 0.6 is 0 Å². The summed E-state index contributed by atoms with van der Waals surface area (Å²) < 4.78 is 5.50. The van der Waals surface area contributed by atoms with E-state index in [1.807, 2.05) is 0 Å². The lowest BCUT2D eigenvalue weighted by atomic mass is 9.88. The monoisotopic (exact) mass is 261 g/mol. The van der Waals surface area contributed by atoms with Crippen LogP contribution in [0.25, 0.3) is 0 Å². The van der Waals surface area contributed by atoms with E-state index in [1.54, 1.807) is 0 Å². The molecule has 4 rings (SSSR count). The summed E-state index contributed by atoms with van der Waals surface area (Å²) in [6.07, 6.45) is 9.04. The smallest absolute Gasteiger partial charge is 0.226 e. The van der Waals surface area contributed by atoms with Crippen LogP contribution < -0.4 is 5.32 Å². The van der Waals surface area contributed by atoms with E-state index in [1.165, 1.54) is 38.5 Å². The average Bonchev–Trinajstić information content (AvgIpc) is 3.15. The summed E-state index contributed by atoms with van der Waals surface area (Å²) >= 11 is 0. The van der Waals surface area contributed by atoms with Gasteiger partial charge in [0.25, 0.3) is 0 Å². The molecule has 2 heterocycles. The number of fused-ring (bicyclic) bond motifs is 2. The van der Waals surface area contributed by atoms with Gasteiger partial charge in [0.2, 0.25) is 5.89 Å². The SMILES string of the molecule is C1CNCC(Cc2nc(C3CC4CCC3C4)no2)C1. The van der Waals surface area contributed by atoms with E-state index >= 15 is 0 Å². The Hall–Kier alpha value is -0.900. The molecule has 4 unspecified atom stereocenters. The average molecular weight is 261 g/mol. The van der Waals surface area contributed by atoms with Crippen LogP contribution in [0.2, 0.25) is 0 Å². The summed E-state index contributed by atoms with van der Waals surface area (Å²) in [5.41, 5.74) is 0. The zero-order valence-corrected chi connectivity index (χ0v) is 11.5. The lowest BCUT2D eigenvalue weighted by molar-refractivity contribution is 0.310. The molecule has 104 valence electrons. The molecule has 4 heteroatoms. The highest BCUT2D eigenvalue weighted by atomic mass is 16.5. The van der Waals surface area contributed by atoms with Crippen molar-refractivity contribution in [2.75, 3.05) is 13.1 Å². The van der Waals surface area contributed by atoms with Gasteiger partial charge in [-0.05, 0) is 62.9 Å². The first-order valence-corrected chi connectivity index (χ1v) is 7.91. The van der Waals surface area contributed by atoms with Crippen LogP contribution in [0.4, 0.5) is 0 Å². The van der Waals surface area contributed by atoms with Gasteiger partial charge in [-0.1, -0.05) is 11.6 Å². The maximum absolute atomic E-state index is 5.50. The summed E-state index contributed by atoms with van der Waals surface area (Å²) in [5, 5.41) is 7.73. The molecule has 3 aliphatic rings. The Bertz CT molecular complexity index is 438. The molecule has 1 aliphatic heterocycles. The van der Waals surface area contributed by atoms with Crippen LogP contribution in [-0.4, -0.2) is 23.2 Å². The lowest BCUT2D eigenvalue weighted by Gasteiger charge is -2.20. The zero-order valence-electron chi connectivity index (χ0n) is 11.5. The molecule has 3 fully saturated rings. The first kappa shape index (κ1) is 11.9. The van der Waals surface area contributed by atoms with Gasteiger partial charge in [-0.3, -0.25) is 0 Å². The fourth-order valence-electron chi connectivity index (χ4n) is 4.41. The second kappa shape index (κ2) is 4.89. The van der Waals surface area contributed by atoms with E-state index in [2.05, 4.69) is 10.5 Å². The van der Waals surface area contributed by atoms with Crippen molar-refractivity contribution in [2.24, 2.45) is 17.8 Å². The predicted molar refractivity (Wildman–Crippen MR) is 71.8 cm³/mol. The van der Waals surface area contributed by atoms with Crippen molar-refractivity contribution in [3.63, 3.8) is 0 Å². The quantitative estimate of drug-likeness (QED) is 0.908. The highest BCUT2D eigenvalue weighted by molar-refractivity contribution is 5.06. The summed E-state index contributed by atoms with van der Waals surface area (Å²) in [6, 6.07) is 0. The molecule has 4 atom stereocenters. The molecule has 1 aromatic heterocycles. The van der Waals surface area contributed by atoms with Crippen molar-refractivity contribution in [2.45, 2.75) is 50.9 Å². The molecule has 2 bridgehead atoms. The molecule has 1 saturated heterocycles. The van der Waals surface area contributed by atoms with Crippen molar-refractivity contribution in [1.29, 1.82) is 0 Å². The second-order valence-electron chi connectivity index (χ2n) is 6.74. The molecule has 1 N–H and O–H groups in total. The van der Waals surface area contributed by atoms with E-state index in [4.69, 9.17) is 9.51 Å². The van der Waals surface area contributed by atoms with Gasteiger partial charge in [0.05, 0.1) is 0 Å². The van der Waals surface area contributed by atoms with Crippen LogP contribution in [0.3, 0.4) is 0 Å². The van der Waals surface area contributed by atoms with Gasteiger partial charge in [0.15, 0.2) is 5.82 Å². The Labute approximate surface area is 114 Å². The molecule has 0 amide bonds. The second-order valence-corrected chi connectivity index (χ2v) is 6.74. The number of aromatic nitrogens is 2. The Morgan fingerprint density at radius 3 is 2.95 bits per heavy atom. The molecule has 0 radical (unpaired) electrons.